The smallest absolute Gasteiger partial charge is 0.174 e. The summed E-state index contributed by atoms with van der Waals surface area (Å²) in [5.74, 6) is -0.310. The van der Waals surface area contributed by atoms with Crippen LogP contribution >= 0.6 is 0 Å². The van der Waals surface area contributed by atoms with E-state index < -0.39 is 6.30 Å². The Labute approximate surface area is 99.1 Å². The van der Waals surface area contributed by atoms with Crippen LogP contribution in [-0.4, -0.2) is 6.30 Å². The van der Waals surface area contributed by atoms with E-state index >= 15 is 0 Å². The first kappa shape index (κ1) is 11.6. The first-order valence-electron chi connectivity index (χ1n) is 5.35. The van der Waals surface area contributed by atoms with Crippen LogP contribution in [-0.2, 0) is 6.42 Å². The van der Waals surface area contributed by atoms with Crippen LogP contribution in [0.25, 0.3) is 0 Å². The van der Waals surface area contributed by atoms with Crippen LogP contribution in [0.15, 0.2) is 48.5 Å². The number of halogens is 2. The average molecular weight is 232 g/mol. The van der Waals surface area contributed by atoms with Crippen molar-refractivity contribution in [2.24, 2.45) is 0 Å². The standard InChI is InChI=1S/C14H12F2N/c15-12-8-6-11(7-9-12)10-14(16)17-13-4-2-1-3-5-13/h2-9,14,17H,10H2. The molecule has 0 spiro atoms. The molecular weight excluding hydrogens is 220 g/mol. The van der Waals surface area contributed by atoms with Gasteiger partial charge in [0.2, 0.25) is 0 Å². The van der Waals surface area contributed by atoms with Gasteiger partial charge in [-0.05, 0) is 35.9 Å². The fraction of sp³-hybridized carbons (Fsp3) is 0.143. The van der Waals surface area contributed by atoms with Crippen LogP contribution in [0.5, 0.6) is 0 Å². The summed E-state index contributed by atoms with van der Waals surface area (Å²) >= 11 is 0. The lowest BCUT2D eigenvalue weighted by Gasteiger charge is -2.11. The van der Waals surface area contributed by atoms with E-state index in [0.717, 1.165) is 5.56 Å². The Bertz CT molecular complexity index is 453. The monoisotopic (exact) mass is 232 g/mol. The van der Waals surface area contributed by atoms with Gasteiger partial charge in [0.05, 0.1) is 0 Å². The third-order valence-corrected chi connectivity index (χ3v) is 2.37. The number of nitrogens with one attached hydrogen (secondary N) is 1. The number of alkyl halides is 1. The van der Waals surface area contributed by atoms with Crippen LogP contribution in [0, 0.1) is 11.9 Å². The second-order valence-electron chi connectivity index (χ2n) is 3.73. The quantitative estimate of drug-likeness (QED) is 0.794. The van der Waals surface area contributed by atoms with E-state index in [-0.39, 0.29) is 12.2 Å². The van der Waals surface area contributed by atoms with E-state index in [1.54, 1.807) is 36.4 Å². The van der Waals surface area contributed by atoms with Crippen molar-refractivity contribution in [3.63, 3.8) is 0 Å². The second kappa shape index (κ2) is 5.43. The van der Waals surface area contributed by atoms with Gasteiger partial charge in [0.15, 0.2) is 6.30 Å². The van der Waals surface area contributed by atoms with Gasteiger partial charge in [0, 0.05) is 12.1 Å². The molecule has 1 unspecified atom stereocenters. The molecule has 0 amide bonds. The molecule has 2 rings (SSSR count). The number of rotatable bonds is 4. The zero-order chi connectivity index (χ0) is 12.1. The van der Waals surface area contributed by atoms with Crippen LogP contribution in [0.4, 0.5) is 14.5 Å². The summed E-state index contributed by atoms with van der Waals surface area (Å²) in [4.78, 5) is 0. The van der Waals surface area contributed by atoms with Crippen molar-refractivity contribution >= 4 is 5.69 Å². The van der Waals surface area contributed by atoms with E-state index in [0.29, 0.717) is 5.69 Å². The van der Waals surface area contributed by atoms with E-state index in [2.05, 4.69) is 11.4 Å². The summed E-state index contributed by atoms with van der Waals surface area (Å²) in [7, 11) is 0. The van der Waals surface area contributed by atoms with Gasteiger partial charge in [-0.15, -0.1) is 0 Å². The second-order valence-corrected chi connectivity index (χ2v) is 3.73. The summed E-state index contributed by atoms with van der Waals surface area (Å²) in [6.45, 7) is 0. The first-order valence-corrected chi connectivity index (χ1v) is 5.35. The van der Waals surface area contributed by atoms with Crippen LogP contribution in [0.3, 0.4) is 0 Å². The van der Waals surface area contributed by atoms with E-state index in [1.165, 1.54) is 12.1 Å². The molecule has 0 aliphatic heterocycles. The molecule has 3 heteroatoms. The highest BCUT2D eigenvalue weighted by Crippen LogP contribution is 2.12. The minimum atomic E-state index is -1.19. The average Bonchev–Trinajstić information content (AvgIpc) is 2.33. The molecule has 17 heavy (non-hydrogen) atoms. The molecule has 0 saturated heterocycles. The van der Waals surface area contributed by atoms with Crippen molar-refractivity contribution in [1.82, 2.24) is 0 Å². The number of hydrogen-bond acceptors (Lipinski definition) is 1. The first-order chi connectivity index (χ1) is 8.24. The third-order valence-electron chi connectivity index (χ3n) is 2.37. The molecule has 1 nitrogen and oxygen atoms in total. The van der Waals surface area contributed by atoms with Gasteiger partial charge >= 0.3 is 0 Å². The van der Waals surface area contributed by atoms with E-state index in [4.69, 9.17) is 0 Å². The van der Waals surface area contributed by atoms with Crippen molar-refractivity contribution in [2.45, 2.75) is 12.7 Å². The Morgan fingerprint density at radius 1 is 1.06 bits per heavy atom. The summed E-state index contributed by atoms with van der Waals surface area (Å²) in [5.41, 5.74) is 1.47. The van der Waals surface area contributed by atoms with Crippen LogP contribution in [0.2, 0.25) is 0 Å². The lowest BCUT2D eigenvalue weighted by atomic mass is 10.1. The lowest BCUT2D eigenvalue weighted by molar-refractivity contribution is 0.371. The molecule has 1 radical (unpaired) electrons. The maximum atomic E-state index is 13.7. The maximum Gasteiger partial charge on any atom is 0.174 e. The van der Waals surface area contributed by atoms with Crippen molar-refractivity contribution in [3.05, 3.63) is 66.0 Å². The Hall–Kier alpha value is -1.90. The maximum absolute atomic E-state index is 13.7. The Kier molecular flexibility index (Phi) is 3.70. The molecule has 1 N–H and O–H groups in total. The topological polar surface area (TPSA) is 12.0 Å². The molecular formula is C14H12F2N. The van der Waals surface area contributed by atoms with Gasteiger partial charge in [-0.25, -0.2) is 8.78 Å². The van der Waals surface area contributed by atoms with Crippen LogP contribution < -0.4 is 5.32 Å². The molecule has 2 aromatic rings. The zero-order valence-electron chi connectivity index (χ0n) is 9.16. The highest BCUT2D eigenvalue weighted by Gasteiger charge is 2.07. The van der Waals surface area contributed by atoms with Gasteiger partial charge in [0.25, 0.3) is 0 Å². The predicted octanol–water partition coefficient (Wildman–Crippen LogP) is 3.58. The number of anilines is 1. The minimum Gasteiger partial charge on any atom is -0.356 e. The van der Waals surface area contributed by atoms with Crippen molar-refractivity contribution in [1.29, 1.82) is 0 Å². The highest BCUT2D eigenvalue weighted by molar-refractivity contribution is 5.42. The largest absolute Gasteiger partial charge is 0.356 e. The SMILES string of the molecule is Fc1ccc(CC(F)Nc2cc[c]cc2)cc1. The van der Waals surface area contributed by atoms with Gasteiger partial charge in [0.1, 0.15) is 5.82 Å². The summed E-state index contributed by atoms with van der Waals surface area (Å²) in [5, 5.41) is 2.72. The fourth-order valence-corrected chi connectivity index (χ4v) is 1.54. The lowest BCUT2D eigenvalue weighted by Crippen LogP contribution is -2.16. The minimum absolute atomic E-state index is 0.207. The molecule has 0 aliphatic carbocycles. The fourth-order valence-electron chi connectivity index (χ4n) is 1.54. The Balaban J connectivity index is 1.93. The molecule has 87 valence electrons. The van der Waals surface area contributed by atoms with Crippen molar-refractivity contribution < 1.29 is 8.78 Å². The van der Waals surface area contributed by atoms with Gasteiger partial charge in [-0.3, -0.25) is 0 Å². The van der Waals surface area contributed by atoms with Gasteiger partial charge < -0.3 is 5.32 Å². The Morgan fingerprint density at radius 3 is 2.35 bits per heavy atom. The highest BCUT2D eigenvalue weighted by atomic mass is 19.1. The molecule has 1 atom stereocenters. The van der Waals surface area contributed by atoms with Crippen molar-refractivity contribution in [3.8, 4) is 0 Å². The predicted molar refractivity (Wildman–Crippen MR) is 63.9 cm³/mol. The summed E-state index contributed by atoms with van der Waals surface area (Å²) < 4.78 is 26.3. The van der Waals surface area contributed by atoms with Crippen LogP contribution in [0.1, 0.15) is 5.56 Å². The van der Waals surface area contributed by atoms with E-state index in [1.807, 2.05) is 0 Å². The Morgan fingerprint density at radius 2 is 1.71 bits per heavy atom. The van der Waals surface area contributed by atoms with E-state index in [9.17, 15) is 8.78 Å². The molecule has 0 aliphatic rings. The zero-order valence-corrected chi connectivity index (χ0v) is 9.16. The molecule has 0 aromatic heterocycles. The van der Waals surface area contributed by atoms with Gasteiger partial charge in [-0.1, -0.05) is 24.3 Å². The van der Waals surface area contributed by atoms with Gasteiger partial charge in [-0.2, -0.15) is 0 Å². The third kappa shape index (κ3) is 3.55. The molecule has 0 fully saturated rings. The molecule has 2 aromatic carbocycles. The molecule has 0 saturated carbocycles. The molecule has 0 bridgehead atoms. The summed E-state index contributed by atoms with van der Waals surface area (Å²) in [6, 6.07) is 15.6. The normalized spacial score (nSPS) is 12.1. The number of hydrogen-bond donors (Lipinski definition) is 1. The summed E-state index contributed by atoms with van der Waals surface area (Å²) in [6.07, 6.45) is -0.985. The van der Waals surface area contributed by atoms with Crippen molar-refractivity contribution in [2.75, 3.05) is 5.32 Å². The molecule has 0 heterocycles. The number of benzene rings is 2.